The van der Waals surface area contributed by atoms with Crippen molar-refractivity contribution in [2.75, 3.05) is 43.0 Å². The van der Waals surface area contributed by atoms with Gasteiger partial charge in [0.2, 0.25) is 5.91 Å². The van der Waals surface area contributed by atoms with E-state index in [9.17, 15) is 14.4 Å². The SMILES string of the molecule is O=C(COC(=O)CN1CCCCCC1=O)Nc1ccc(N2CCCCCC2)cc1. The van der Waals surface area contributed by atoms with E-state index in [4.69, 9.17) is 4.74 Å². The molecule has 0 aliphatic carbocycles. The number of hydrogen-bond acceptors (Lipinski definition) is 5. The number of nitrogens with zero attached hydrogens (tertiary/aromatic N) is 2. The number of amides is 2. The molecule has 2 fully saturated rings. The summed E-state index contributed by atoms with van der Waals surface area (Å²) < 4.78 is 5.05. The summed E-state index contributed by atoms with van der Waals surface area (Å²) in [7, 11) is 0. The van der Waals surface area contributed by atoms with Gasteiger partial charge in [-0.1, -0.05) is 19.3 Å². The number of rotatable bonds is 6. The number of hydrogen-bond donors (Lipinski definition) is 1. The molecule has 2 heterocycles. The highest BCUT2D eigenvalue weighted by Crippen LogP contribution is 2.21. The largest absolute Gasteiger partial charge is 0.454 e. The maximum atomic E-state index is 12.1. The molecule has 0 atom stereocenters. The molecule has 1 aromatic rings. The first-order valence-electron chi connectivity index (χ1n) is 10.7. The average Bonchev–Trinajstić information content (AvgIpc) is 3.11. The van der Waals surface area contributed by atoms with Gasteiger partial charge < -0.3 is 19.9 Å². The lowest BCUT2D eigenvalue weighted by molar-refractivity contribution is -0.151. The van der Waals surface area contributed by atoms with Gasteiger partial charge in [-0.3, -0.25) is 14.4 Å². The van der Waals surface area contributed by atoms with E-state index in [1.54, 1.807) is 0 Å². The van der Waals surface area contributed by atoms with Crippen LogP contribution in [0.4, 0.5) is 11.4 Å². The Morgan fingerprint density at radius 2 is 1.55 bits per heavy atom. The molecule has 7 heteroatoms. The fraction of sp³-hybridized carbons (Fsp3) is 0.591. The van der Waals surface area contributed by atoms with E-state index in [-0.39, 0.29) is 25.0 Å². The second-order valence-electron chi connectivity index (χ2n) is 7.78. The van der Waals surface area contributed by atoms with Gasteiger partial charge in [0.25, 0.3) is 5.91 Å². The number of anilines is 2. The summed E-state index contributed by atoms with van der Waals surface area (Å²) >= 11 is 0. The Bertz CT molecular complexity index is 697. The second kappa shape index (κ2) is 10.8. The van der Waals surface area contributed by atoms with Crippen LogP contribution < -0.4 is 10.2 Å². The van der Waals surface area contributed by atoms with Crippen LogP contribution in [-0.4, -0.2) is 55.5 Å². The van der Waals surface area contributed by atoms with Crippen molar-refractivity contribution >= 4 is 29.2 Å². The Morgan fingerprint density at radius 3 is 2.28 bits per heavy atom. The van der Waals surface area contributed by atoms with Crippen molar-refractivity contribution in [3.05, 3.63) is 24.3 Å². The third-order valence-electron chi connectivity index (χ3n) is 5.48. The average molecular weight is 402 g/mol. The number of carbonyl (C=O) groups is 3. The molecule has 0 spiro atoms. The van der Waals surface area contributed by atoms with Crippen LogP contribution >= 0.6 is 0 Å². The third kappa shape index (κ3) is 6.76. The van der Waals surface area contributed by atoms with Gasteiger partial charge in [0, 0.05) is 37.4 Å². The minimum Gasteiger partial charge on any atom is -0.454 e. The standard InChI is InChI=1S/C22H31N3O4/c26-20(17-29-22(28)16-25-15-7-3-4-8-21(25)27)23-18-9-11-19(12-10-18)24-13-5-1-2-6-14-24/h9-12H,1-8,13-17H2,(H,23,26). The highest BCUT2D eigenvalue weighted by atomic mass is 16.5. The molecule has 2 amide bonds. The van der Waals surface area contributed by atoms with Crippen LogP contribution in [0, 0.1) is 0 Å². The first-order valence-corrected chi connectivity index (χ1v) is 10.7. The monoisotopic (exact) mass is 401 g/mol. The molecule has 2 aliphatic heterocycles. The number of nitrogens with one attached hydrogen (secondary N) is 1. The second-order valence-corrected chi connectivity index (χ2v) is 7.78. The maximum Gasteiger partial charge on any atom is 0.326 e. The zero-order valence-electron chi connectivity index (χ0n) is 17.0. The molecule has 0 radical (unpaired) electrons. The van der Waals surface area contributed by atoms with Crippen molar-refractivity contribution in [2.24, 2.45) is 0 Å². The molecule has 2 saturated heterocycles. The molecular formula is C22H31N3O4. The summed E-state index contributed by atoms with van der Waals surface area (Å²) in [5.74, 6) is -0.955. The number of esters is 1. The van der Waals surface area contributed by atoms with Gasteiger partial charge in [-0.05, 0) is 49.9 Å². The van der Waals surface area contributed by atoms with Crippen molar-refractivity contribution in [3.8, 4) is 0 Å². The number of carbonyl (C=O) groups excluding carboxylic acids is 3. The summed E-state index contributed by atoms with van der Waals surface area (Å²) in [4.78, 5) is 39.9. The molecule has 7 nitrogen and oxygen atoms in total. The minimum atomic E-state index is -0.549. The first-order chi connectivity index (χ1) is 14.1. The fourth-order valence-corrected chi connectivity index (χ4v) is 3.83. The quantitative estimate of drug-likeness (QED) is 0.742. The lowest BCUT2D eigenvalue weighted by atomic mass is 10.2. The predicted molar refractivity (Wildman–Crippen MR) is 112 cm³/mol. The first kappa shape index (κ1) is 21.1. The highest BCUT2D eigenvalue weighted by molar-refractivity contribution is 5.93. The Balaban J connectivity index is 1.41. The Labute approximate surface area is 172 Å². The van der Waals surface area contributed by atoms with Gasteiger partial charge in [-0.25, -0.2) is 0 Å². The third-order valence-corrected chi connectivity index (χ3v) is 5.48. The van der Waals surface area contributed by atoms with Crippen LogP contribution in [0.2, 0.25) is 0 Å². The van der Waals surface area contributed by atoms with Crippen molar-refractivity contribution in [3.63, 3.8) is 0 Å². The van der Waals surface area contributed by atoms with Crippen LogP contribution in [0.25, 0.3) is 0 Å². The normalized spacial score (nSPS) is 18.0. The molecule has 0 aromatic heterocycles. The van der Waals surface area contributed by atoms with Crippen molar-refractivity contribution in [2.45, 2.75) is 51.4 Å². The van der Waals surface area contributed by atoms with Gasteiger partial charge in [-0.2, -0.15) is 0 Å². The zero-order chi connectivity index (χ0) is 20.5. The summed E-state index contributed by atoms with van der Waals surface area (Å²) in [6, 6.07) is 7.77. The molecule has 0 unspecified atom stereocenters. The van der Waals surface area contributed by atoms with Crippen molar-refractivity contribution < 1.29 is 19.1 Å². The van der Waals surface area contributed by atoms with E-state index in [2.05, 4.69) is 10.2 Å². The van der Waals surface area contributed by atoms with E-state index < -0.39 is 5.97 Å². The zero-order valence-corrected chi connectivity index (χ0v) is 17.0. The summed E-state index contributed by atoms with van der Waals surface area (Å²) in [5, 5.41) is 2.75. The molecule has 29 heavy (non-hydrogen) atoms. The molecule has 3 rings (SSSR count). The van der Waals surface area contributed by atoms with E-state index in [0.29, 0.717) is 18.7 Å². The predicted octanol–water partition coefficient (Wildman–Crippen LogP) is 2.95. The smallest absolute Gasteiger partial charge is 0.326 e. The van der Waals surface area contributed by atoms with Gasteiger partial charge in [0.1, 0.15) is 6.54 Å². The summed E-state index contributed by atoms with van der Waals surface area (Å²) in [6.45, 7) is 2.28. The van der Waals surface area contributed by atoms with E-state index >= 15 is 0 Å². The van der Waals surface area contributed by atoms with E-state index in [0.717, 1.165) is 32.4 Å². The van der Waals surface area contributed by atoms with Crippen LogP contribution in [0.15, 0.2) is 24.3 Å². The highest BCUT2D eigenvalue weighted by Gasteiger charge is 2.20. The Kier molecular flexibility index (Phi) is 7.90. The summed E-state index contributed by atoms with van der Waals surface area (Å²) in [5.41, 5.74) is 1.84. The van der Waals surface area contributed by atoms with Crippen LogP contribution in [-0.2, 0) is 19.1 Å². The van der Waals surface area contributed by atoms with Gasteiger partial charge in [0.15, 0.2) is 6.61 Å². The summed E-state index contributed by atoms with van der Waals surface area (Å²) in [6.07, 6.45) is 8.23. The lowest BCUT2D eigenvalue weighted by Crippen LogP contribution is -2.36. The fourth-order valence-electron chi connectivity index (χ4n) is 3.83. The minimum absolute atomic E-state index is 0.0200. The molecule has 0 bridgehead atoms. The number of ether oxygens (including phenoxy) is 1. The molecular weight excluding hydrogens is 370 g/mol. The van der Waals surface area contributed by atoms with Crippen LogP contribution in [0.3, 0.4) is 0 Å². The number of benzene rings is 1. The molecule has 1 aromatic carbocycles. The van der Waals surface area contributed by atoms with Crippen molar-refractivity contribution in [1.29, 1.82) is 0 Å². The van der Waals surface area contributed by atoms with Gasteiger partial charge >= 0.3 is 5.97 Å². The van der Waals surface area contributed by atoms with E-state index in [1.165, 1.54) is 36.3 Å². The Morgan fingerprint density at radius 1 is 0.897 bits per heavy atom. The molecule has 0 saturated carbocycles. The Hall–Kier alpha value is -2.57. The molecule has 158 valence electrons. The molecule has 1 N–H and O–H groups in total. The van der Waals surface area contributed by atoms with Crippen molar-refractivity contribution in [1.82, 2.24) is 4.90 Å². The van der Waals surface area contributed by atoms with Crippen LogP contribution in [0.1, 0.15) is 51.4 Å². The topological polar surface area (TPSA) is 79.0 Å². The molecule has 2 aliphatic rings. The lowest BCUT2D eigenvalue weighted by Gasteiger charge is -2.22. The van der Waals surface area contributed by atoms with Gasteiger partial charge in [-0.15, -0.1) is 0 Å². The maximum absolute atomic E-state index is 12.1. The van der Waals surface area contributed by atoms with Gasteiger partial charge in [0.05, 0.1) is 0 Å². The van der Waals surface area contributed by atoms with Crippen LogP contribution in [0.5, 0.6) is 0 Å². The van der Waals surface area contributed by atoms with E-state index in [1.807, 2.05) is 24.3 Å². The number of likely N-dealkylation sites (tertiary alicyclic amines) is 1.